The molecule has 0 heterocycles. The smallest absolute Gasteiger partial charge is 0.184 e. The lowest BCUT2D eigenvalue weighted by atomic mass is 10.1. The summed E-state index contributed by atoms with van der Waals surface area (Å²) in [5, 5.41) is 13.6. The van der Waals surface area contributed by atoms with Crippen molar-refractivity contribution in [2.24, 2.45) is 0 Å². The van der Waals surface area contributed by atoms with E-state index in [-0.39, 0.29) is 29.6 Å². The summed E-state index contributed by atoms with van der Waals surface area (Å²) in [5.74, 6) is 0.778. The van der Waals surface area contributed by atoms with Gasteiger partial charge in [0, 0.05) is 23.2 Å². The number of aromatic hydroxyl groups is 1. The lowest BCUT2D eigenvalue weighted by Crippen LogP contribution is -2.07. The molecule has 2 rings (SSSR count). The third kappa shape index (κ3) is 4.54. The molecule has 0 spiro atoms. The highest BCUT2D eigenvalue weighted by atomic mass is 16.5. The summed E-state index contributed by atoms with van der Waals surface area (Å²) >= 11 is 0. The predicted octanol–water partition coefficient (Wildman–Crippen LogP) is 3.83. The van der Waals surface area contributed by atoms with E-state index in [1.54, 1.807) is 18.2 Å². The minimum Gasteiger partial charge on any atom is -0.504 e. The van der Waals surface area contributed by atoms with Gasteiger partial charge in [-0.25, -0.2) is 0 Å². The van der Waals surface area contributed by atoms with E-state index in [2.05, 4.69) is 5.32 Å². The molecule has 0 bridgehead atoms. The lowest BCUT2D eigenvalue weighted by Gasteiger charge is -2.18. The van der Waals surface area contributed by atoms with Crippen LogP contribution in [-0.4, -0.2) is 37.5 Å². The molecule has 2 aromatic carbocycles. The average molecular weight is 387 g/mol. The number of nitrogens with one attached hydrogen (secondary N) is 1. The Hall–Kier alpha value is -3.22. The molecule has 0 unspecified atom stereocenters. The van der Waals surface area contributed by atoms with Gasteiger partial charge in [-0.2, -0.15) is 0 Å². The van der Waals surface area contributed by atoms with Crippen LogP contribution in [0.4, 0.5) is 5.69 Å². The molecule has 0 aromatic heterocycles. The van der Waals surface area contributed by atoms with Crippen LogP contribution in [-0.2, 0) is 6.54 Å². The zero-order valence-electron chi connectivity index (χ0n) is 16.7. The second kappa shape index (κ2) is 9.12. The average Bonchev–Trinajstić information content (AvgIpc) is 2.67. The highest BCUT2D eigenvalue weighted by Gasteiger charge is 2.17. The van der Waals surface area contributed by atoms with Crippen LogP contribution in [0, 0.1) is 0 Å². The van der Waals surface area contributed by atoms with Gasteiger partial charge in [-0.15, -0.1) is 0 Å². The van der Waals surface area contributed by atoms with Gasteiger partial charge in [0.25, 0.3) is 0 Å². The first-order chi connectivity index (χ1) is 13.3. The van der Waals surface area contributed by atoms with Gasteiger partial charge in [0.2, 0.25) is 0 Å². The summed E-state index contributed by atoms with van der Waals surface area (Å²) < 4.78 is 16.2. The number of ketones is 2. The van der Waals surface area contributed by atoms with Gasteiger partial charge >= 0.3 is 0 Å². The maximum atomic E-state index is 11.8. The maximum Gasteiger partial charge on any atom is 0.184 e. The maximum absolute atomic E-state index is 11.8. The molecule has 0 amide bonds. The van der Waals surface area contributed by atoms with Gasteiger partial charge in [0.1, 0.15) is 0 Å². The fraction of sp³-hybridized carbons (Fsp3) is 0.333. The van der Waals surface area contributed by atoms with Crippen molar-refractivity contribution >= 4 is 17.3 Å². The first kappa shape index (κ1) is 21.1. The summed E-state index contributed by atoms with van der Waals surface area (Å²) in [6, 6.07) is 6.38. The number of rotatable bonds is 9. The molecule has 0 radical (unpaired) electrons. The van der Waals surface area contributed by atoms with Gasteiger partial charge in [-0.3, -0.25) is 9.59 Å². The molecule has 0 aliphatic carbocycles. The Balaban J connectivity index is 2.46. The third-order valence-corrected chi connectivity index (χ3v) is 4.22. The van der Waals surface area contributed by atoms with Gasteiger partial charge < -0.3 is 24.6 Å². The Morgan fingerprint density at radius 2 is 1.54 bits per heavy atom. The molecule has 0 aliphatic rings. The second-order valence-corrected chi connectivity index (χ2v) is 6.14. The summed E-state index contributed by atoms with van der Waals surface area (Å²) in [6.45, 7) is 5.33. The van der Waals surface area contributed by atoms with Crippen molar-refractivity contribution in [2.75, 3.05) is 26.1 Å². The zero-order chi connectivity index (χ0) is 20.8. The third-order valence-electron chi connectivity index (χ3n) is 4.22. The van der Waals surface area contributed by atoms with E-state index in [4.69, 9.17) is 14.2 Å². The highest BCUT2D eigenvalue weighted by Crippen LogP contribution is 2.38. The molecule has 7 nitrogen and oxygen atoms in total. The van der Waals surface area contributed by atoms with Crippen molar-refractivity contribution in [3.63, 3.8) is 0 Å². The van der Waals surface area contributed by atoms with Gasteiger partial charge in [-0.1, -0.05) is 0 Å². The molecular weight excluding hydrogens is 362 g/mol. The number of ether oxygens (including phenoxy) is 3. The largest absolute Gasteiger partial charge is 0.504 e. The summed E-state index contributed by atoms with van der Waals surface area (Å²) in [5.41, 5.74) is 1.89. The van der Waals surface area contributed by atoms with E-state index in [0.29, 0.717) is 40.5 Å². The Morgan fingerprint density at radius 3 is 2.07 bits per heavy atom. The summed E-state index contributed by atoms with van der Waals surface area (Å²) in [6.07, 6.45) is 0. The van der Waals surface area contributed by atoms with Crippen LogP contribution in [0.5, 0.6) is 23.0 Å². The number of methoxy groups -OCH3 is 2. The number of carbonyl (C=O) groups is 2. The molecule has 0 fully saturated rings. The van der Waals surface area contributed by atoms with Crippen molar-refractivity contribution < 1.29 is 28.9 Å². The number of benzene rings is 2. The normalized spacial score (nSPS) is 10.3. The van der Waals surface area contributed by atoms with Crippen LogP contribution < -0.4 is 19.5 Å². The molecule has 28 heavy (non-hydrogen) atoms. The van der Waals surface area contributed by atoms with E-state index < -0.39 is 0 Å². The van der Waals surface area contributed by atoms with Gasteiger partial charge in [0.15, 0.2) is 34.6 Å². The zero-order valence-corrected chi connectivity index (χ0v) is 16.7. The Kier molecular flexibility index (Phi) is 6.87. The van der Waals surface area contributed by atoms with Gasteiger partial charge in [0.05, 0.1) is 26.5 Å². The molecule has 0 atom stereocenters. The van der Waals surface area contributed by atoms with Gasteiger partial charge in [-0.05, 0) is 45.0 Å². The van der Waals surface area contributed by atoms with Crippen molar-refractivity contribution in [1.29, 1.82) is 0 Å². The van der Waals surface area contributed by atoms with E-state index in [9.17, 15) is 14.7 Å². The van der Waals surface area contributed by atoms with Crippen LogP contribution in [0.25, 0.3) is 0 Å². The van der Waals surface area contributed by atoms with Crippen molar-refractivity contribution in [3.05, 3.63) is 41.0 Å². The molecule has 2 aromatic rings. The topological polar surface area (TPSA) is 94.1 Å². The summed E-state index contributed by atoms with van der Waals surface area (Å²) in [7, 11) is 2.92. The van der Waals surface area contributed by atoms with Crippen LogP contribution in [0.1, 0.15) is 47.1 Å². The molecule has 0 saturated heterocycles. The van der Waals surface area contributed by atoms with Crippen molar-refractivity contribution in [1.82, 2.24) is 0 Å². The molecular formula is C21H25NO6. The Labute approximate surface area is 164 Å². The number of carbonyl (C=O) groups excluding carboxylic acids is 2. The van der Waals surface area contributed by atoms with E-state index in [1.807, 2.05) is 6.92 Å². The van der Waals surface area contributed by atoms with E-state index in [0.717, 1.165) is 0 Å². The van der Waals surface area contributed by atoms with Crippen molar-refractivity contribution in [2.45, 2.75) is 27.3 Å². The van der Waals surface area contributed by atoms with Crippen LogP contribution in [0.2, 0.25) is 0 Å². The molecule has 150 valence electrons. The summed E-state index contributed by atoms with van der Waals surface area (Å²) in [4.78, 5) is 23.6. The number of phenols is 1. The number of hydrogen-bond acceptors (Lipinski definition) is 7. The number of Topliss-reactive ketones (excluding diaryl/α,β-unsaturated/α-hetero) is 2. The Bertz CT molecular complexity index is 891. The molecule has 0 aliphatic heterocycles. The minimum absolute atomic E-state index is 0.0624. The fourth-order valence-electron chi connectivity index (χ4n) is 2.73. The van der Waals surface area contributed by atoms with Crippen LogP contribution in [0.3, 0.4) is 0 Å². The molecule has 7 heteroatoms. The number of anilines is 1. The SMILES string of the molecule is CCOc1c(NCc2cc(C(C)=O)cc(OC)c2O)cc(C(C)=O)cc1OC. The minimum atomic E-state index is -0.144. The first-order valence-electron chi connectivity index (χ1n) is 8.82. The fourth-order valence-corrected chi connectivity index (χ4v) is 2.73. The molecule has 0 saturated carbocycles. The first-order valence-corrected chi connectivity index (χ1v) is 8.82. The van der Waals surface area contributed by atoms with Crippen molar-refractivity contribution in [3.8, 4) is 23.0 Å². The lowest BCUT2D eigenvalue weighted by molar-refractivity contribution is 0.100. The van der Waals surface area contributed by atoms with E-state index in [1.165, 1.54) is 34.1 Å². The Morgan fingerprint density at radius 1 is 0.964 bits per heavy atom. The monoisotopic (exact) mass is 387 g/mol. The van der Waals surface area contributed by atoms with Crippen LogP contribution in [0.15, 0.2) is 24.3 Å². The van der Waals surface area contributed by atoms with E-state index >= 15 is 0 Å². The standard InChI is InChI=1S/C21H25NO6/c1-6-28-21-17(8-15(13(3)24)10-19(21)27-5)22-11-16-7-14(12(2)23)9-18(26-4)20(16)25/h7-10,22,25H,6,11H2,1-5H3. The number of hydrogen-bond donors (Lipinski definition) is 2. The van der Waals surface area contributed by atoms with Crippen LogP contribution >= 0.6 is 0 Å². The quantitative estimate of drug-likeness (QED) is 0.632. The highest BCUT2D eigenvalue weighted by molar-refractivity contribution is 5.96. The number of phenolic OH excluding ortho intramolecular Hbond substituents is 1. The predicted molar refractivity (Wildman–Crippen MR) is 106 cm³/mol. The molecule has 2 N–H and O–H groups in total. The second-order valence-electron chi connectivity index (χ2n) is 6.14.